The molecule has 0 aliphatic rings. The zero-order chi connectivity index (χ0) is 13.0. The lowest BCUT2D eigenvalue weighted by Crippen LogP contribution is -2.06. The molecular weight excluding hydrogens is 237 g/mol. The molecule has 1 atom stereocenters. The Morgan fingerprint density at radius 2 is 2.00 bits per heavy atom. The van der Waals surface area contributed by atoms with E-state index < -0.39 is 5.82 Å². The minimum absolute atomic E-state index is 0.278. The third-order valence-corrected chi connectivity index (χ3v) is 4.14. The highest BCUT2D eigenvalue weighted by Gasteiger charge is 2.14. The Bertz CT molecular complexity index is 382. The van der Waals surface area contributed by atoms with Crippen LogP contribution < -0.4 is 10.5 Å². The van der Waals surface area contributed by atoms with Crippen molar-refractivity contribution >= 4 is 17.4 Å². The molecule has 0 radical (unpaired) electrons. The quantitative estimate of drug-likeness (QED) is 0.641. The van der Waals surface area contributed by atoms with Crippen LogP contribution in [0.4, 0.5) is 10.1 Å². The smallest absolute Gasteiger partial charge is 0.167 e. The maximum Gasteiger partial charge on any atom is 0.167 e. The van der Waals surface area contributed by atoms with Gasteiger partial charge in [0.15, 0.2) is 11.6 Å². The second-order valence-corrected chi connectivity index (χ2v) is 5.74. The van der Waals surface area contributed by atoms with Gasteiger partial charge in [-0.1, -0.05) is 20.8 Å². The summed E-state index contributed by atoms with van der Waals surface area (Å²) in [5.41, 5.74) is 6.29. The van der Waals surface area contributed by atoms with Gasteiger partial charge in [0.2, 0.25) is 0 Å². The number of benzene rings is 1. The van der Waals surface area contributed by atoms with Gasteiger partial charge in [-0.25, -0.2) is 4.39 Å². The first-order valence-corrected chi connectivity index (χ1v) is 6.72. The maximum atomic E-state index is 13.5. The van der Waals surface area contributed by atoms with Gasteiger partial charge in [0, 0.05) is 21.9 Å². The Hall–Kier alpha value is -0.900. The standard InChI is InChI=1S/C13H20FNOS/c1-5-16-12-7-13(11(15)6-10(12)14)17-9(4)8(2)3/h6-9H,5,15H2,1-4H3. The molecule has 0 aliphatic carbocycles. The van der Waals surface area contributed by atoms with Gasteiger partial charge in [-0.05, 0) is 18.9 Å². The monoisotopic (exact) mass is 257 g/mol. The van der Waals surface area contributed by atoms with E-state index in [0.29, 0.717) is 23.5 Å². The van der Waals surface area contributed by atoms with E-state index in [1.54, 1.807) is 17.8 Å². The highest BCUT2D eigenvalue weighted by molar-refractivity contribution is 8.00. The highest BCUT2D eigenvalue weighted by atomic mass is 32.2. The Kier molecular flexibility index (Phi) is 5.12. The highest BCUT2D eigenvalue weighted by Crippen LogP contribution is 2.35. The molecule has 1 aromatic carbocycles. The topological polar surface area (TPSA) is 35.2 Å². The molecule has 96 valence electrons. The van der Waals surface area contributed by atoms with Crippen molar-refractivity contribution in [3.8, 4) is 5.75 Å². The molecule has 2 nitrogen and oxygen atoms in total. The molecule has 2 N–H and O–H groups in total. The maximum absolute atomic E-state index is 13.5. The molecule has 0 aromatic heterocycles. The van der Waals surface area contributed by atoms with E-state index in [-0.39, 0.29) is 5.75 Å². The fourth-order valence-corrected chi connectivity index (χ4v) is 2.30. The second kappa shape index (κ2) is 6.15. The summed E-state index contributed by atoms with van der Waals surface area (Å²) < 4.78 is 18.7. The van der Waals surface area contributed by atoms with Crippen LogP contribution in [0.25, 0.3) is 0 Å². The van der Waals surface area contributed by atoms with E-state index in [4.69, 9.17) is 10.5 Å². The van der Waals surface area contributed by atoms with Crippen molar-refractivity contribution in [2.75, 3.05) is 12.3 Å². The summed E-state index contributed by atoms with van der Waals surface area (Å²) in [5, 5.41) is 0.428. The van der Waals surface area contributed by atoms with Gasteiger partial charge in [-0.3, -0.25) is 0 Å². The van der Waals surface area contributed by atoms with Gasteiger partial charge in [-0.15, -0.1) is 11.8 Å². The molecule has 0 heterocycles. The number of anilines is 1. The minimum atomic E-state index is -0.397. The van der Waals surface area contributed by atoms with Crippen LogP contribution in [0.1, 0.15) is 27.7 Å². The zero-order valence-electron chi connectivity index (χ0n) is 10.8. The number of hydrogen-bond donors (Lipinski definition) is 1. The van der Waals surface area contributed by atoms with Crippen molar-refractivity contribution in [1.29, 1.82) is 0 Å². The van der Waals surface area contributed by atoms with E-state index in [1.165, 1.54) is 6.07 Å². The van der Waals surface area contributed by atoms with E-state index in [9.17, 15) is 4.39 Å². The normalized spacial score (nSPS) is 12.8. The first-order valence-electron chi connectivity index (χ1n) is 5.84. The molecule has 0 saturated carbocycles. The predicted octanol–water partition coefficient (Wildman–Crippen LogP) is 3.94. The van der Waals surface area contributed by atoms with Gasteiger partial charge in [-0.2, -0.15) is 0 Å². The molecular formula is C13H20FNOS. The van der Waals surface area contributed by atoms with Crippen molar-refractivity contribution in [2.45, 2.75) is 37.8 Å². The summed E-state index contributed by atoms with van der Waals surface area (Å²) in [6.07, 6.45) is 0. The van der Waals surface area contributed by atoms with Gasteiger partial charge >= 0.3 is 0 Å². The fourth-order valence-electron chi connectivity index (χ4n) is 1.25. The fraction of sp³-hybridized carbons (Fsp3) is 0.538. The van der Waals surface area contributed by atoms with E-state index in [0.717, 1.165) is 4.90 Å². The van der Waals surface area contributed by atoms with Gasteiger partial charge in [0.1, 0.15) is 0 Å². The summed E-state index contributed by atoms with van der Waals surface area (Å²) in [4.78, 5) is 0.885. The molecule has 0 saturated heterocycles. The Morgan fingerprint density at radius 3 is 2.53 bits per heavy atom. The molecule has 0 spiro atoms. The molecule has 0 fully saturated rings. The number of halogens is 1. The SMILES string of the molecule is CCOc1cc(SC(C)C(C)C)c(N)cc1F. The van der Waals surface area contributed by atoms with E-state index >= 15 is 0 Å². The van der Waals surface area contributed by atoms with Crippen molar-refractivity contribution in [2.24, 2.45) is 5.92 Å². The number of hydrogen-bond acceptors (Lipinski definition) is 3. The lowest BCUT2D eigenvalue weighted by molar-refractivity contribution is 0.321. The van der Waals surface area contributed by atoms with Gasteiger partial charge in [0.25, 0.3) is 0 Å². The largest absolute Gasteiger partial charge is 0.491 e. The van der Waals surface area contributed by atoms with E-state index in [1.807, 2.05) is 6.92 Å². The summed E-state index contributed by atoms with van der Waals surface area (Å²) in [6.45, 7) is 8.73. The van der Waals surface area contributed by atoms with Crippen LogP contribution in [0, 0.1) is 11.7 Å². The number of thioether (sulfide) groups is 1. The van der Waals surface area contributed by atoms with Crippen LogP contribution in [0.15, 0.2) is 17.0 Å². The van der Waals surface area contributed by atoms with Crippen LogP contribution >= 0.6 is 11.8 Å². The molecule has 1 aromatic rings. The lowest BCUT2D eigenvalue weighted by atomic mass is 10.2. The molecule has 1 unspecified atom stereocenters. The van der Waals surface area contributed by atoms with Crippen LogP contribution in [0.3, 0.4) is 0 Å². The van der Waals surface area contributed by atoms with Crippen molar-refractivity contribution in [3.63, 3.8) is 0 Å². The van der Waals surface area contributed by atoms with Crippen molar-refractivity contribution < 1.29 is 9.13 Å². The van der Waals surface area contributed by atoms with Crippen LogP contribution in [-0.2, 0) is 0 Å². The lowest BCUT2D eigenvalue weighted by Gasteiger charge is -2.17. The first kappa shape index (κ1) is 14.2. The molecule has 17 heavy (non-hydrogen) atoms. The molecule has 0 amide bonds. The summed E-state index contributed by atoms with van der Waals surface area (Å²) in [5.74, 6) is 0.422. The summed E-state index contributed by atoms with van der Waals surface area (Å²) in [7, 11) is 0. The van der Waals surface area contributed by atoms with Gasteiger partial charge < -0.3 is 10.5 Å². The van der Waals surface area contributed by atoms with Crippen LogP contribution in [-0.4, -0.2) is 11.9 Å². The number of nitrogen functional groups attached to an aromatic ring is 1. The van der Waals surface area contributed by atoms with Gasteiger partial charge in [0.05, 0.1) is 6.61 Å². The summed E-state index contributed by atoms with van der Waals surface area (Å²) in [6, 6.07) is 3.03. The van der Waals surface area contributed by atoms with Crippen LogP contribution in [0.5, 0.6) is 5.75 Å². The average molecular weight is 257 g/mol. The summed E-state index contributed by atoms with van der Waals surface area (Å²) >= 11 is 1.66. The molecule has 0 aliphatic heterocycles. The van der Waals surface area contributed by atoms with Crippen molar-refractivity contribution in [1.82, 2.24) is 0 Å². The second-order valence-electron chi connectivity index (χ2n) is 4.32. The Labute approximate surface area is 107 Å². The first-order chi connectivity index (χ1) is 7.95. The number of ether oxygens (including phenoxy) is 1. The third-order valence-electron chi connectivity index (χ3n) is 2.62. The number of nitrogens with two attached hydrogens (primary N) is 1. The predicted molar refractivity (Wildman–Crippen MR) is 72.1 cm³/mol. The Balaban J connectivity index is 2.95. The third kappa shape index (κ3) is 3.80. The zero-order valence-corrected chi connectivity index (χ0v) is 11.6. The molecule has 4 heteroatoms. The Morgan fingerprint density at radius 1 is 1.35 bits per heavy atom. The molecule has 1 rings (SSSR count). The van der Waals surface area contributed by atoms with Crippen LogP contribution in [0.2, 0.25) is 0 Å². The average Bonchev–Trinajstić information content (AvgIpc) is 2.24. The van der Waals surface area contributed by atoms with Crippen molar-refractivity contribution in [3.05, 3.63) is 17.9 Å². The van der Waals surface area contributed by atoms with E-state index in [2.05, 4.69) is 20.8 Å². The molecule has 0 bridgehead atoms. The minimum Gasteiger partial charge on any atom is -0.491 e. The number of rotatable bonds is 5.